The molecule has 0 saturated carbocycles. The zero-order valence-electron chi connectivity index (χ0n) is 17.2. The van der Waals surface area contributed by atoms with Gasteiger partial charge in [-0.1, -0.05) is 12.1 Å². The van der Waals surface area contributed by atoms with Crippen molar-refractivity contribution in [3.63, 3.8) is 0 Å². The first kappa shape index (κ1) is 20.5. The maximum atomic E-state index is 12.6. The SMILES string of the molecule is O=C(/C=C/Cc1ccccn1)N1CCC[C@@H](Nc2cc(-c3ccncc3)c[nH]c2=O)C1. The van der Waals surface area contributed by atoms with Crippen LogP contribution in [0, 0.1) is 0 Å². The quantitative estimate of drug-likeness (QED) is 0.604. The van der Waals surface area contributed by atoms with Gasteiger partial charge in [0.05, 0.1) is 0 Å². The zero-order valence-corrected chi connectivity index (χ0v) is 17.2. The summed E-state index contributed by atoms with van der Waals surface area (Å²) >= 11 is 0. The Labute approximate surface area is 180 Å². The molecule has 7 heteroatoms. The summed E-state index contributed by atoms with van der Waals surface area (Å²) < 4.78 is 0. The highest BCUT2D eigenvalue weighted by molar-refractivity contribution is 5.87. The normalized spacial score (nSPS) is 16.4. The maximum absolute atomic E-state index is 12.6. The Morgan fingerprint density at radius 2 is 2.06 bits per heavy atom. The van der Waals surface area contributed by atoms with Crippen LogP contribution in [0.15, 0.2) is 78.1 Å². The van der Waals surface area contributed by atoms with E-state index in [9.17, 15) is 9.59 Å². The number of likely N-dealkylation sites (tertiary alicyclic amines) is 1. The number of rotatable bonds is 6. The van der Waals surface area contributed by atoms with Crippen LogP contribution in [0.3, 0.4) is 0 Å². The molecule has 1 aliphatic heterocycles. The summed E-state index contributed by atoms with van der Waals surface area (Å²) in [5, 5.41) is 3.34. The Morgan fingerprint density at radius 3 is 2.87 bits per heavy atom. The first-order valence-corrected chi connectivity index (χ1v) is 10.4. The van der Waals surface area contributed by atoms with Crippen molar-refractivity contribution in [2.45, 2.75) is 25.3 Å². The Bertz CT molecular complexity index is 1100. The standard InChI is InChI=1S/C24H25N5O2/c30-23(8-3-6-20-5-1-2-11-26-20)29-14-4-7-21(17-29)28-22-15-19(16-27-24(22)31)18-9-12-25-13-10-18/h1-3,5,8-13,15-16,21,28H,4,6-7,14,17H2,(H,27,31)/b8-3+/t21-/m1/s1. The number of anilines is 1. The molecule has 158 valence electrons. The van der Waals surface area contributed by atoms with Crippen LogP contribution in [0.4, 0.5) is 5.69 Å². The van der Waals surface area contributed by atoms with Crippen molar-refractivity contribution in [3.8, 4) is 11.1 Å². The highest BCUT2D eigenvalue weighted by Crippen LogP contribution is 2.20. The molecule has 1 fully saturated rings. The molecule has 1 atom stereocenters. The van der Waals surface area contributed by atoms with Gasteiger partial charge in [0.15, 0.2) is 0 Å². The summed E-state index contributed by atoms with van der Waals surface area (Å²) in [5.74, 6) is -0.0122. The fraction of sp³-hybridized carbons (Fsp3) is 0.250. The first-order chi connectivity index (χ1) is 15.2. The van der Waals surface area contributed by atoms with E-state index < -0.39 is 0 Å². The van der Waals surface area contributed by atoms with E-state index in [1.807, 2.05) is 47.4 Å². The molecule has 3 aromatic heterocycles. The molecule has 0 spiro atoms. The molecule has 0 radical (unpaired) electrons. The van der Waals surface area contributed by atoms with Crippen LogP contribution in [0.1, 0.15) is 18.5 Å². The number of H-pyrrole nitrogens is 1. The van der Waals surface area contributed by atoms with Crippen molar-refractivity contribution in [2.75, 3.05) is 18.4 Å². The molecule has 31 heavy (non-hydrogen) atoms. The molecule has 4 rings (SSSR count). The van der Waals surface area contributed by atoms with E-state index >= 15 is 0 Å². The largest absolute Gasteiger partial charge is 0.376 e. The van der Waals surface area contributed by atoms with Crippen LogP contribution in [-0.2, 0) is 11.2 Å². The minimum Gasteiger partial charge on any atom is -0.376 e. The molecular formula is C24H25N5O2. The Morgan fingerprint density at radius 1 is 1.19 bits per heavy atom. The van der Waals surface area contributed by atoms with Gasteiger partial charge >= 0.3 is 0 Å². The first-order valence-electron chi connectivity index (χ1n) is 10.4. The number of nitrogens with zero attached hydrogens (tertiary/aromatic N) is 3. The lowest BCUT2D eigenvalue weighted by Gasteiger charge is -2.33. The average molecular weight is 415 g/mol. The number of aromatic amines is 1. The van der Waals surface area contributed by atoms with Gasteiger partial charge in [-0.3, -0.25) is 19.6 Å². The number of carbonyl (C=O) groups is 1. The van der Waals surface area contributed by atoms with Gasteiger partial charge in [-0.15, -0.1) is 0 Å². The van der Waals surface area contributed by atoms with Crippen molar-refractivity contribution in [3.05, 3.63) is 89.4 Å². The predicted octanol–water partition coefficient (Wildman–Crippen LogP) is 3.03. The molecule has 0 bridgehead atoms. The summed E-state index contributed by atoms with van der Waals surface area (Å²) in [6.07, 6.45) is 12.8. The Hall–Kier alpha value is -3.74. The van der Waals surface area contributed by atoms with Gasteiger partial charge < -0.3 is 15.2 Å². The fourth-order valence-corrected chi connectivity index (χ4v) is 3.72. The van der Waals surface area contributed by atoms with Gasteiger partial charge in [-0.05, 0) is 54.8 Å². The molecule has 4 heterocycles. The van der Waals surface area contributed by atoms with Crippen LogP contribution in [-0.4, -0.2) is 44.9 Å². The molecule has 2 N–H and O–H groups in total. The minimum atomic E-state index is -0.170. The van der Waals surface area contributed by atoms with Gasteiger partial charge in [0.25, 0.3) is 5.56 Å². The van der Waals surface area contributed by atoms with E-state index in [1.54, 1.807) is 30.9 Å². The number of hydrogen-bond donors (Lipinski definition) is 2. The van der Waals surface area contributed by atoms with Crippen molar-refractivity contribution < 1.29 is 4.79 Å². The molecule has 3 aromatic rings. The van der Waals surface area contributed by atoms with Gasteiger partial charge in [-0.25, -0.2) is 0 Å². The summed E-state index contributed by atoms with van der Waals surface area (Å²) in [5.41, 5.74) is 3.16. The number of carbonyl (C=O) groups excluding carboxylic acids is 1. The maximum Gasteiger partial charge on any atom is 0.271 e. The fourth-order valence-electron chi connectivity index (χ4n) is 3.72. The lowest BCUT2D eigenvalue weighted by molar-refractivity contribution is -0.127. The van der Waals surface area contributed by atoms with E-state index in [0.717, 1.165) is 36.2 Å². The number of amides is 1. The van der Waals surface area contributed by atoms with Crippen LogP contribution in [0.2, 0.25) is 0 Å². The average Bonchev–Trinajstić information content (AvgIpc) is 2.82. The summed E-state index contributed by atoms with van der Waals surface area (Å²) in [7, 11) is 0. The van der Waals surface area contributed by atoms with Crippen LogP contribution in [0.25, 0.3) is 11.1 Å². The van der Waals surface area contributed by atoms with Crippen LogP contribution >= 0.6 is 0 Å². The lowest BCUT2D eigenvalue weighted by Crippen LogP contribution is -2.45. The number of aromatic nitrogens is 3. The number of piperidine rings is 1. The van der Waals surface area contributed by atoms with E-state index in [-0.39, 0.29) is 17.5 Å². The minimum absolute atomic E-state index is 0.0122. The van der Waals surface area contributed by atoms with Crippen molar-refractivity contribution >= 4 is 11.6 Å². The van der Waals surface area contributed by atoms with Crippen LogP contribution in [0.5, 0.6) is 0 Å². The predicted molar refractivity (Wildman–Crippen MR) is 121 cm³/mol. The van der Waals surface area contributed by atoms with E-state index in [1.165, 1.54) is 0 Å². The van der Waals surface area contributed by atoms with Gasteiger partial charge in [0.2, 0.25) is 5.91 Å². The highest BCUT2D eigenvalue weighted by Gasteiger charge is 2.23. The van der Waals surface area contributed by atoms with Gasteiger partial charge in [0.1, 0.15) is 5.69 Å². The summed E-state index contributed by atoms with van der Waals surface area (Å²) in [6, 6.07) is 11.4. The summed E-state index contributed by atoms with van der Waals surface area (Å²) in [6.45, 7) is 1.28. The second kappa shape index (κ2) is 9.84. The van der Waals surface area contributed by atoms with Gasteiger partial charge in [0, 0.05) is 61.6 Å². The topological polar surface area (TPSA) is 91.0 Å². The molecule has 1 amide bonds. The number of pyridine rings is 3. The van der Waals surface area contributed by atoms with Crippen LogP contribution < -0.4 is 10.9 Å². The molecule has 0 unspecified atom stereocenters. The lowest BCUT2D eigenvalue weighted by atomic mass is 10.0. The smallest absolute Gasteiger partial charge is 0.271 e. The highest BCUT2D eigenvalue weighted by atomic mass is 16.2. The van der Waals surface area contributed by atoms with Gasteiger partial charge in [-0.2, -0.15) is 0 Å². The Balaban J connectivity index is 1.39. The Kier molecular flexibility index (Phi) is 6.52. The number of hydrogen-bond acceptors (Lipinski definition) is 5. The molecule has 0 aromatic carbocycles. The van der Waals surface area contributed by atoms with Crippen molar-refractivity contribution in [1.82, 2.24) is 19.9 Å². The number of nitrogens with one attached hydrogen (secondary N) is 2. The molecule has 1 saturated heterocycles. The third kappa shape index (κ3) is 5.45. The molecule has 1 aliphatic rings. The second-order valence-electron chi connectivity index (χ2n) is 7.56. The summed E-state index contributed by atoms with van der Waals surface area (Å²) in [4.78, 5) is 37.9. The second-order valence-corrected chi connectivity index (χ2v) is 7.56. The molecule has 0 aliphatic carbocycles. The van der Waals surface area contributed by atoms with Crippen molar-refractivity contribution in [2.24, 2.45) is 0 Å². The van der Waals surface area contributed by atoms with E-state index in [0.29, 0.717) is 18.7 Å². The number of allylic oxidation sites excluding steroid dienone is 1. The third-order valence-electron chi connectivity index (χ3n) is 5.32. The monoisotopic (exact) mass is 415 g/mol. The van der Waals surface area contributed by atoms with E-state index in [4.69, 9.17) is 0 Å². The van der Waals surface area contributed by atoms with Crippen molar-refractivity contribution in [1.29, 1.82) is 0 Å². The third-order valence-corrected chi connectivity index (χ3v) is 5.32. The molecular weight excluding hydrogens is 390 g/mol. The van der Waals surface area contributed by atoms with E-state index in [2.05, 4.69) is 20.3 Å². The molecule has 7 nitrogen and oxygen atoms in total. The zero-order chi connectivity index (χ0) is 21.5.